The lowest BCUT2D eigenvalue weighted by molar-refractivity contribution is -0.117. The van der Waals surface area contributed by atoms with Crippen LogP contribution in [-0.4, -0.2) is 30.7 Å². The van der Waals surface area contributed by atoms with Crippen molar-refractivity contribution in [1.82, 2.24) is 4.90 Å². The average molecular weight is 409 g/mol. The van der Waals surface area contributed by atoms with Gasteiger partial charge in [-0.2, -0.15) is 0 Å². The molecule has 0 fully saturated rings. The molecule has 3 aromatic rings. The molecule has 1 amide bonds. The molecule has 1 N–H and O–H groups in total. The first-order chi connectivity index (χ1) is 14.0. The molecule has 0 radical (unpaired) electrons. The lowest BCUT2D eigenvalue weighted by Crippen LogP contribution is -2.30. The van der Waals surface area contributed by atoms with Crippen LogP contribution in [0.1, 0.15) is 23.1 Å². The average Bonchev–Trinajstić information content (AvgIpc) is 3.14. The molecule has 5 nitrogen and oxygen atoms in total. The number of fused-ring (bicyclic) bond motifs is 2. The van der Waals surface area contributed by atoms with Gasteiger partial charge in [0.05, 0.1) is 12.2 Å². The SMILES string of the molecule is CSc1ccccc1NC(=O)CN(C)Cc1cc(=O)oc2cc3c(cc12)CCC3. The summed E-state index contributed by atoms with van der Waals surface area (Å²) in [5, 5.41) is 3.94. The summed E-state index contributed by atoms with van der Waals surface area (Å²) in [6.07, 6.45) is 5.23. The molecule has 1 aliphatic carbocycles. The highest BCUT2D eigenvalue weighted by molar-refractivity contribution is 7.98. The summed E-state index contributed by atoms with van der Waals surface area (Å²) < 4.78 is 5.44. The second-order valence-corrected chi connectivity index (χ2v) is 8.33. The van der Waals surface area contributed by atoms with Crippen LogP contribution in [0.3, 0.4) is 0 Å². The van der Waals surface area contributed by atoms with Crippen molar-refractivity contribution in [2.75, 3.05) is 25.2 Å². The summed E-state index contributed by atoms with van der Waals surface area (Å²) in [5.74, 6) is -0.0813. The molecule has 29 heavy (non-hydrogen) atoms. The van der Waals surface area contributed by atoms with Crippen molar-refractivity contribution in [1.29, 1.82) is 0 Å². The van der Waals surface area contributed by atoms with E-state index in [-0.39, 0.29) is 18.1 Å². The Morgan fingerprint density at radius 1 is 1.17 bits per heavy atom. The number of para-hydroxylation sites is 1. The van der Waals surface area contributed by atoms with Gasteiger partial charge in [0.1, 0.15) is 5.58 Å². The van der Waals surface area contributed by atoms with Crippen LogP contribution < -0.4 is 10.9 Å². The summed E-state index contributed by atoms with van der Waals surface area (Å²) in [5.41, 5.74) is 4.61. The number of hydrogen-bond acceptors (Lipinski definition) is 5. The molecular weight excluding hydrogens is 384 g/mol. The minimum absolute atomic E-state index is 0.0813. The number of amides is 1. The zero-order chi connectivity index (χ0) is 20.4. The van der Waals surface area contributed by atoms with E-state index in [0.717, 1.165) is 40.8 Å². The van der Waals surface area contributed by atoms with Gasteiger partial charge in [0.15, 0.2) is 0 Å². The Morgan fingerprint density at radius 3 is 2.72 bits per heavy atom. The van der Waals surface area contributed by atoms with E-state index in [0.29, 0.717) is 12.1 Å². The lowest BCUT2D eigenvalue weighted by atomic mass is 10.0. The Morgan fingerprint density at radius 2 is 1.93 bits per heavy atom. The topological polar surface area (TPSA) is 62.6 Å². The van der Waals surface area contributed by atoms with Crippen LogP contribution >= 0.6 is 11.8 Å². The van der Waals surface area contributed by atoms with Crippen LogP contribution in [0.4, 0.5) is 5.69 Å². The van der Waals surface area contributed by atoms with Crippen LogP contribution in [0.25, 0.3) is 11.0 Å². The van der Waals surface area contributed by atoms with Gasteiger partial charge in [0.25, 0.3) is 0 Å². The highest BCUT2D eigenvalue weighted by Gasteiger charge is 2.17. The standard InChI is InChI=1S/C23H24N2O3S/c1-25(14-22(26)24-19-8-3-4-9-21(19)29-2)13-17-12-23(27)28-20-11-16-7-5-6-15(16)10-18(17)20/h3-4,8-12H,5-7,13-14H2,1-2H3,(H,24,26). The molecule has 0 saturated heterocycles. The van der Waals surface area contributed by atoms with Gasteiger partial charge in [0.2, 0.25) is 5.91 Å². The summed E-state index contributed by atoms with van der Waals surface area (Å²) >= 11 is 1.60. The smallest absolute Gasteiger partial charge is 0.336 e. The second kappa shape index (κ2) is 8.43. The fraction of sp³-hybridized carbons (Fsp3) is 0.304. The number of rotatable bonds is 6. The van der Waals surface area contributed by atoms with E-state index in [1.54, 1.807) is 17.8 Å². The van der Waals surface area contributed by atoms with Crippen molar-refractivity contribution >= 4 is 34.3 Å². The first-order valence-corrected chi connectivity index (χ1v) is 11.0. The van der Waals surface area contributed by atoms with Gasteiger partial charge in [-0.1, -0.05) is 12.1 Å². The van der Waals surface area contributed by atoms with Gasteiger partial charge in [-0.25, -0.2) is 4.79 Å². The van der Waals surface area contributed by atoms with Gasteiger partial charge in [-0.15, -0.1) is 11.8 Å². The monoisotopic (exact) mass is 408 g/mol. The Bertz CT molecular complexity index is 1120. The third kappa shape index (κ3) is 4.38. The van der Waals surface area contributed by atoms with Crippen LogP contribution in [0.15, 0.2) is 56.6 Å². The first-order valence-electron chi connectivity index (χ1n) is 9.73. The van der Waals surface area contributed by atoms with E-state index < -0.39 is 0 Å². The number of aryl methyl sites for hydroxylation is 2. The van der Waals surface area contributed by atoms with E-state index in [4.69, 9.17) is 4.42 Å². The Hall–Kier alpha value is -2.57. The van der Waals surface area contributed by atoms with E-state index >= 15 is 0 Å². The van der Waals surface area contributed by atoms with Crippen molar-refractivity contribution < 1.29 is 9.21 Å². The number of thioether (sulfide) groups is 1. The van der Waals surface area contributed by atoms with Crippen LogP contribution in [-0.2, 0) is 24.2 Å². The number of carbonyl (C=O) groups is 1. The molecule has 0 spiro atoms. The molecule has 0 saturated carbocycles. The molecule has 2 aromatic carbocycles. The number of nitrogens with zero attached hydrogens (tertiary/aromatic N) is 1. The molecule has 0 bridgehead atoms. The van der Waals surface area contributed by atoms with Crippen molar-refractivity contribution in [3.63, 3.8) is 0 Å². The molecule has 0 atom stereocenters. The fourth-order valence-electron chi connectivity index (χ4n) is 3.96. The zero-order valence-corrected chi connectivity index (χ0v) is 17.5. The summed E-state index contributed by atoms with van der Waals surface area (Å²) in [7, 11) is 1.88. The number of hydrogen-bond donors (Lipinski definition) is 1. The molecule has 150 valence electrons. The Kier molecular flexibility index (Phi) is 5.74. The predicted molar refractivity (Wildman–Crippen MR) is 118 cm³/mol. The zero-order valence-electron chi connectivity index (χ0n) is 16.7. The minimum atomic E-state index is -0.350. The normalized spacial score (nSPS) is 13.1. The quantitative estimate of drug-likeness (QED) is 0.492. The second-order valence-electron chi connectivity index (χ2n) is 7.48. The molecule has 6 heteroatoms. The Balaban J connectivity index is 1.51. The third-order valence-electron chi connectivity index (χ3n) is 5.28. The minimum Gasteiger partial charge on any atom is -0.423 e. The molecule has 4 rings (SSSR count). The largest absolute Gasteiger partial charge is 0.423 e. The van der Waals surface area contributed by atoms with E-state index in [1.807, 2.05) is 48.5 Å². The highest BCUT2D eigenvalue weighted by Crippen LogP contribution is 2.29. The maximum absolute atomic E-state index is 12.5. The number of likely N-dealkylation sites (N-methyl/N-ethyl adjacent to an activating group) is 1. The van der Waals surface area contributed by atoms with Crippen molar-refractivity contribution in [3.8, 4) is 0 Å². The van der Waals surface area contributed by atoms with E-state index in [2.05, 4.69) is 11.4 Å². The van der Waals surface area contributed by atoms with Crippen molar-refractivity contribution in [2.24, 2.45) is 0 Å². The highest BCUT2D eigenvalue weighted by atomic mass is 32.2. The summed E-state index contributed by atoms with van der Waals surface area (Å²) in [6, 6.07) is 13.5. The molecular formula is C23H24N2O3S. The number of nitrogens with one attached hydrogen (secondary N) is 1. The van der Waals surface area contributed by atoms with Crippen molar-refractivity contribution in [2.45, 2.75) is 30.7 Å². The maximum Gasteiger partial charge on any atom is 0.336 e. The molecule has 1 aromatic heterocycles. The summed E-state index contributed by atoms with van der Waals surface area (Å²) in [4.78, 5) is 27.5. The van der Waals surface area contributed by atoms with Gasteiger partial charge in [0, 0.05) is 22.9 Å². The van der Waals surface area contributed by atoms with Crippen LogP contribution in [0, 0.1) is 0 Å². The van der Waals surface area contributed by atoms with E-state index in [1.165, 1.54) is 11.1 Å². The van der Waals surface area contributed by atoms with Crippen LogP contribution in [0.2, 0.25) is 0 Å². The maximum atomic E-state index is 12.5. The van der Waals surface area contributed by atoms with Gasteiger partial charge < -0.3 is 9.73 Å². The Labute approximate surface area is 174 Å². The van der Waals surface area contributed by atoms with Gasteiger partial charge >= 0.3 is 5.63 Å². The lowest BCUT2D eigenvalue weighted by Gasteiger charge is -2.18. The first kappa shape index (κ1) is 19.7. The number of benzene rings is 2. The number of anilines is 1. The third-order valence-corrected chi connectivity index (χ3v) is 6.07. The molecule has 0 aliphatic heterocycles. The molecule has 1 aliphatic rings. The fourth-order valence-corrected chi connectivity index (χ4v) is 4.51. The van der Waals surface area contributed by atoms with Gasteiger partial charge in [-0.05, 0) is 73.5 Å². The van der Waals surface area contributed by atoms with Crippen molar-refractivity contribution in [3.05, 3.63) is 69.6 Å². The predicted octanol–water partition coefficient (Wildman–Crippen LogP) is 4.07. The van der Waals surface area contributed by atoms with Crippen LogP contribution in [0.5, 0.6) is 0 Å². The van der Waals surface area contributed by atoms with Gasteiger partial charge in [-0.3, -0.25) is 9.69 Å². The molecule has 0 unspecified atom stereocenters. The van der Waals surface area contributed by atoms with E-state index in [9.17, 15) is 9.59 Å². The molecule has 1 heterocycles. The summed E-state index contributed by atoms with van der Waals surface area (Å²) in [6.45, 7) is 0.730. The number of carbonyl (C=O) groups excluding carboxylic acids is 1.